The van der Waals surface area contributed by atoms with E-state index in [2.05, 4.69) is 41.0 Å². The molecule has 1 aromatic carbocycles. The molecule has 1 amide bonds. The van der Waals surface area contributed by atoms with Gasteiger partial charge in [-0.1, -0.05) is 17.7 Å². The number of tetrazole rings is 1. The molecule has 0 aliphatic carbocycles. The number of nitrogens with one attached hydrogen (secondary N) is 2. The number of piperidine rings is 1. The van der Waals surface area contributed by atoms with Gasteiger partial charge in [0.15, 0.2) is 11.6 Å². The minimum atomic E-state index is -0.307. The van der Waals surface area contributed by atoms with Gasteiger partial charge in [-0.05, 0) is 65.8 Å². The van der Waals surface area contributed by atoms with Crippen molar-refractivity contribution in [2.24, 2.45) is 0 Å². The maximum atomic E-state index is 15.2. The van der Waals surface area contributed by atoms with Crippen LogP contribution in [0.15, 0.2) is 30.7 Å². The van der Waals surface area contributed by atoms with Crippen LogP contribution in [0.5, 0.6) is 0 Å². The fourth-order valence-corrected chi connectivity index (χ4v) is 4.60. The Kier molecular flexibility index (Phi) is 6.59. The Morgan fingerprint density at radius 1 is 1.25 bits per heavy atom. The number of benzene rings is 1. The van der Waals surface area contributed by atoms with Gasteiger partial charge in [-0.2, -0.15) is 5.10 Å². The molecule has 4 aromatic rings. The third-order valence-corrected chi connectivity index (χ3v) is 6.56. The van der Waals surface area contributed by atoms with Crippen molar-refractivity contribution in [2.75, 3.05) is 18.4 Å². The van der Waals surface area contributed by atoms with Crippen molar-refractivity contribution < 1.29 is 9.18 Å². The Morgan fingerprint density at radius 2 is 2.06 bits per heavy atom. The fraction of sp³-hybridized carbons (Fsp3) is 0.348. The van der Waals surface area contributed by atoms with E-state index in [0.717, 1.165) is 34.3 Å². The van der Waals surface area contributed by atoms with Crippen LogP contribution in [0.3, 0.4) is 0 Å². The monoisotopic (exact) mass is 510 g/mol. The molecule has 0 atom stereocenters. The van der Waals surface area contributed by atoms with Crippen molar-refractivity contribution in [3.63, 3.8) is 0 Å². The smallest absolute Gasteiger partial charge is 0.323 e. The maximum absolute atomic E-state index is 15.2. The summed E-state index contributed by atoms with van der Waals surface area (Å²) in [4.78, 5) is 22.9. The minimum absolute atomic E-state index is 0.159. The van der Waals surface area contributed by atoms with E-state index in [1.807, 2.05) is 26.0 Å². The van der Waals surface area contributed by atoms with E-state index in [0.29, 0.717) is 41.1 Å². The Hall–Kier alpha value is -3.93. The normalized spacial score (nSPS) is 14.3. The highest BCUT2D eigenvalue weighted by Gasteiger charge is 2.27. The Labute approximate surface area is 211 Å². The lowest BCUT2D eigenvalue weighted by Gasteiger charge is -2.32. The number of hydrogen-bond donors (Lipinski definition) is 2. The molecular formula is C23H24ClFN10O. The van der Waals surface area contributed by atoms with E-state index >= 15 is 4.39 Å². The molecule has 4 heterocycles. The number of aromatic nitrogens is 8. The summed E-state index contributed by atoms with van der Waals surface area (Å²) in [5, 5.41) is 21.1. The first kappa shape index (κ1) is 23.8. The standard InChI is InChI=1S/C23H24ClFN10O/c1-13-7-16(9-20-26-11-18(24)22(28-20)29-21-8-14(2)30-31-21)19(25)10-17(13)15-3-5-34(6-4-15)23(36)35-12-27-32-33-35/h7-8,10-12,15H,3-6,9H2,1-2H3,(H2,26,28,29,30,31). The van der Waals surface area contributed by atoms with Crippen molar-refractivity contribution in [2.45, 2.75) is 39.0 Å². The zero-order valence-electron chi connectivity index (χ0n) is 19.7. The van der Waals surface area contributed by atoms with Crippen molar-refractivity contribution in [1.29, 1.82) is 0 Å². The molecule has 3 aromatic heterocycles. The van der Waals surface area contributed by atoms with Crippen LogP contribution in [0.25, 0.3) is 0 Å². The van der Waals surface area contributed by atoms with E-state index in [-0.39, 0.29) is 24.2 Å². The number of amides is 1. The molecule has 0 saturated carbocycles. The van der Waals surface area contributed by atoms with Crippen LogP contribution in [0.1, 0.15) is 47.0 Å². The van der Waals surface area contributed by atoms with Gasteiger partial charge in [0.2, 0.25) is 0 Å². The summed E-state index contributed by atoms with van der Waals surface area (Å²) in [5.41, 5.74) is 3.35. The SMILES string of the molecule is Cc1cc(Nc2nc(Cc3cc(C)c(C4CCN(C(=O)n5cnnn5)CC4)cc3F)ncc2Cl)n[nH]1. The van der Waals surface area contributed by atoms with Gasteiger partial charge in [0.1, 0.15) is 23.0 Å². The van der Waals surface area contributed by atoms with Gasteiger partial charge >= 0.3 is 6.03 Å². The van der Waals surface area contributed by atoms with E-state index in [1.165, 1.54) is 12.5 Å². The first-order valence-corrected chi connectivity index (χ1v) is 11.9. The molecule has 0 radical (unpaired) electrons. The van der Waals surface area contributed by atoms with Gasteiger partial charge in [-0.15, -0.1) is 9.78 Å². The largest absolute Gasteiger partial charge is 0.347 e. The van der Waals surface area contributed by atoms with E-state index in [4.69, 9.17) is 11.6 Å². The summed E-state index contributed by atoms with van der Waals surface area (Å²) in [7, 11) is 0. The minimum Gasteiger partial charge on any atom is -0.323 e. The summed E-state index contributed by atoms with van der Waals surface area (Å²) >= 11 is 6.24. The van der Waals surface area contributed by atoms with Gasteiger partial charge in [0.05, 0.1) is 6.20 Å². The molecule has 0 unspecified atom stereocenters. The molecule has 0 bridgehead atoms. The van der Waals surface area contributed by atoms with Crippen LogP contribution in [0, 0.1) is 19.7 Å². The molecule has 11 nitrogen and oxygen atoms in total. The van der Waals surface area contributed by atoms with E-state index in [9.17, 15) is 4.79 Å². The fourth-order valence-electron chi connectivity index (χ4n) is 4.46. The van der Waals surface area contributed by atoms with E-state index in [1.54, 1.807) is 11.0 Å². The molecule has 13 heteroatoms. The zero-order chi connectivity index (χ0) is 25.2. The number of likely N-dealkylation sites (tertiary alicyclic amines) is 1. The van der Waals surface area contributed by atoms with Crippen molar-refractivity contribution in [3.05, 3.63) is 69.8 Å². The van der Waals surface area contributed by atoms with Crippen molar-refractivity contribution in [3.8, 4) is 0 Å². The van der Waals surface area contributed by atoms with Crippen molar-refractivity contribution >= 4 is 29.3 Å². The van der Waals surface area contributed by atoms with Crippen LogP contribution in [0.4, 0.5) is 20.8 Å². The number of H-pyrrole nitrogens is 1. The summed E-state index contributed by atoms with van der Waals surface area (Å²) in [5.74, 6) is 1.28. The molecule has 1 aliphatic heterocycles. The zero-order valence-corrected chi connectivity index (χ0v) is 20.5. The number of aromatic amines is 1. The van der Waals surface area contributed by atoms with Gasteiger partial charge in [0, 0.05) is 31.3 Å². The van der Waals surface area contributed by atoms with Gasteiger partial charge in [0.25, 0.3) is 0 Å². The summed E-state index contributed by atoms with van der Waals surface area (Å²) in [6, 6.07) is 5.03. The predicted molar refractivity (Wildman–Crippen MR) is 130 cm³/mol. The van der Waals surface area contributed by atoms with E-state index < -0.39 is 0 Å². The van der Waals surface area contributed by atoms with Gasteiger partial charge in [-0.3, -0.25) is 5.10 Å². The van der Waals surface area contributed by atoms with Crippen LogP contribution < -0.4 is 5.32 Å². The second-order valence-corrected chi connectivity index (χ2v) is 9.23. The van der Waals surface area contributed by atoms with Crippen molar-refractivity contribution in [1.82, 2.24) is 45.3 Å². The number of hydrogen-bond acceptors (Lipinski definition) is 8. The maximum Gasteiger partial charge on any atom is 0.347 e. The number of anilines is 2. The number of carbonyl (C=O) groups is 1. The number of halogens is 2. The third kappa shape index (κ3) is 5.03. The Morgan fingerprint density at radius 3 is 2.75 bits per heavy atom. The quantitative estimate of drug-likeness (QED) is 0.388. The Bertz CT molecular complexity index is 1380. The van der Waals surface area contributed by atoms with Crippen LogP contribution in [-0.4, -0.2) is 64.4 Å². The van der Waals surface area contributed by atoms with Crippen LogP contribution in [0.2, 0.25) is 5.02 Å². The summed E-state index contributed by atoms with van der Waals surface area (Å²) in [6.07, 6.45) is 4.46. The highest BCUT2D eigenvalue weighted by Crippen LogP contribution is 2.32. The third-order valence-electron chi connectivity index (χ3n) is 6.28. The van der Waals surface area contributed by atoms with Gasteiger partial charge in [-0.25, -0.2) is 19.2 Å². The summed E-state index contributed by atoms with van der Waals surface area (Å²) < 4.78 is 16.3. The van der Waals surface area contributed by atoms with Crippen LogP contribution >= 0.6 is 11.6 Å². The van der Waals surface area contributed by atoms with Crippen LogP contribution in [-0.2, 0) is 6.42 Å². The first-order chi connectivity index (χ1) is 17.4. The molecule has 1 aliphatic rings. The first-order valence-electron chi connectivity index (χ1n) is 11.5. The average Bonchev–Trinajstić information content (AvgIpc) is 3.55. The lowest BCUT2D eigenvalue weighted by molar-refractivity contribution is 0.179. The number of rotatable bonds is 5. The molecule has 36 heavy (non-hydrogen) atoms. The lowest BCUT2D eigenvalue weighted by Crippen LogP contribution is -2.40. The molecule has 2 N–H and O–H groups in total. The number of nitrogens with zero attached hydrogens (tertiary/aromatic N) is 8. The lowest BCUT2D eigenvalue weighted by atomic mass is 9.86. The number of aryl methyl sites for hydroxylation is 2. The molecular weight excluding hydrogens is 487 g/mol. The molecule has 1 saturated heterocycles. The highest BCUT2D eigenvalue weighted by molar-refractivity contribution is 6.32. The topological polar surface area (TPSA) is 130 Å². The molecule has 0 spiro atoms. The molecule has 1 fully saturated rings. The Balaban J connectivity index is 1.27. The molecule has 186 valence electrons. The number of carbonyl (C=O) groups excluding carboxylic acids is 1. The second kappa shape index (κ2) is 9.97. The average molecular weight is 511 g/mol. The predicted octanol–water partition coefficient (Wildman–Crippen LogP) is 3.78. The van der Waals surface area contributed by atoms with Gasteiger partial charge < -0.3 is 10.2 Å². The second-order valence-electron chi connectivity index (χ2n) is 8.82. The summed E-state index contributed by atoms with van der Waals surface area (Å²) in [6.45, 7) is 4.97. The molecule has 5 rings (SSSR count). The highest BCUT2D eigenvalue weighted by atomic mass is 35.5.